The number of carboxylic acid groups (broad SMARTS) is 1. The summed E-state index contributed by atoms with van der Waals surface area (Å²) in [6, 6.07) is 0. The Morgan fingerprint density at radius 1 is 1.50 bits per heavy atom. The van der Waals surface area contributed by atoms with E-state index in [-0.39, 0.29) is 0 Å². The molecule has 5 heteroatoms. The van der Waals surface area contributed by atoms with Crippen molar-refractivity contribution in [3.8, 4) is 0 Å². The number of nitrogens with zero attached hydrogens (tertiary/aromatic N) is 2. The molecule has 1 unspecified atom stereocenters. The highest BCUT2D eigenvalue weighted by Gasteiger charge is 2.21. The molecule has 0 aromatic carbocycles. The number of hydrogen-bond acceptors (Lipinski definition) is 4. The highest BCUT2D eigenvalue weighted by atomic mass is 32.1. The van der Waals surface area contributed by atoms with E-state index in [2.05, 4.69) is 16.8 Å². The topological polar surface area (TPSA) is 53.4 Å². The Morgan fingerprint density at radius 3 is 2.89 bits per heavy atom. The van der Waals surface area contributed by atoms with Gasteiger partial charge in [0.05, 0.1) is 5.69 Å². The smallest absolute Gasteiger partial charge is 0.347 e. The van der Waals surface area contributed by atoms with Crippen LogP contribution in [0, 0.1) is 12.8 Å². The first-order valence-corrected chi connectivity index (χ1v) is 7.39. The second kappa shape index (κ2) is 5.69. The van der Waals surface area contributed by atoms with Crippen LogP contribution in [-0.2, 0) is 0 Å². The predicted molar refractivity (Wildman–Crippen MR) is 73.7 cm³/mol. The summed E-state index contributed by atoms with van der Waals surface area (Å²) in [4.78, 5) is 18.1. The van der Waals surface area contributed by atoms with Crippen LogP contribution in [0.3, 0.4) is 0 Å². The van der Waals surface area contributed by atoms with E-state index in [0.717, 1.165) is 24.1 Å². The number of thiazole rings is 1. The molecule has 1 aromatic rings. The average Bonchev–Trinajstić information content (AvgIpc) is 2.60. The molecule has 0 saturated carbocycles. The van der Waals surface area contributed by atoms with Gasteiger partial charge in [0.15, 0.2) is 5.13 Å². The molecular formula is C13H20N2O2S. The summed E-state index contributed by atoms with van der Waals surface area (Å²) < 4.78 is 0. The van der Waals surface area contributed by atoms with Crippen molar-refractivity contribution in [3.05, 3.63) is 10.6 Å². The van der Waals surface area contributed by atoms with Gasteiger partial charge in [-0.3, -0.25) is 0 Å². The first-order chi connectivity index (χ1) is 8.61. The Hall–Kier alpha value is -1.10. The summed E-state index contributed by atoms with van der Waals surface area (Å²) in [5.41, 5.74) is 0.638. The quantitative estimate of drug-likeness (QED) is 0.915. The molecule has 0 amide bonds. The van der Waals surface area contributed by atoms with E-state index in [1.807, 2.05) is 0 Å². The summed E-state index contributed by atoms with van der Waals surface area (Å²) in [6.45, 7) is 6.03. The first kappa shape index (κ1) is 13.3. The maximum atomic E-state index is 11.0. The zero-order valence-corrected chi connectivity index (χ0v) is 11.8. The number of hydrogen-bond donors (Lipinski definition) is 1. The fraction of sp³-hybridized carbons (Fsp3) is 0.692. The Labute approximate surface area is 112 Å². The van der Waals surface area contributed by atoms with Gasteiger partial charge in [0.2, 0.25) is 0 Å². The summed E-state index contributed by atoms with van der Waals surface area (Å²) in [5.74, 6) is -0.0486. The van der Waals surface area contributed by atoms with Gasteiger partial charge in [0.1, 0.15) is 4.88 Å². The minimum atomic E-state index is -0.863. The molecule has 0 spiro atoms. The third-order valence-corrected chi connectivity index (χ3v) is 4.88. The minimum Gasteiger partial charge on any atom is -0.477 e. The molecular weight excluding hydrogens is 248 g/mol. The molecule has 18 heavy (non-hydrogen) atoms. The summed E-state index contributed by atoms with van der Waals surface area (Å²) in [7, 11) is 0. The molecule has 1 N–H and O–H groups in total. The number of anilines is 1. The van der Waals surface area contributed by atoms with Crippen LogP contribution in [0.25, 0.3) is 0 Å². The fourth-order valence-electron chi connectivity index (χ4n) is 2.48. The van der Waals surface area contributed by atoms with Gasteiger partial charge in [-0.25, -0.2) is 9.78 Å². The van der Waals surface area contributed by atoms with E-state index < -0.39 is 5.97 Å². The van der Waals surface area contributed by atoms with Crippen LogP contribution in [-0.4, -0.2) is 29.1 Å². The van der Waals surface area contributed by atoms with Crippen LogP contribution in [0.4, 0.5) is 5.13 Å². The lowest BCUT2D eigenvalue weighted by Crippen LogP contribution is -2.23. The van der Waals surface area contributed by atoms with E-state index in [9.17, 15) is 4.79 Å². The lowest BCUT2D eigenvalue weighted by atomic mass is 9.98. The molecule has 2 rings (SSSR count). The Kier molecular flexibility index (Phi) is 4.22. The Balaban J connectivity index is 2.11. The van der Waals surface area contributed by atoms with Gasteiger partial charge in [0, 0.05) is 13.1 Å². The van der Waals surface area contributed by atoms with Crippen molar-refractivity contribution in [2.75, 3.05) is 18.0 Å². The van der Waals surface area contributed by atoms with Crippen molar-refractivity contribution in [2.45, 2.75) is 39.5 Å². The molecule has 1 saturated heterocycles. The van der Waals surface area contributed by atoms with Gasteiger partial charge < -0.3 is 10.0 Å². The summed E-state index contributed by atoms with van der Waals surface area (Å²) in [5, 5.41) is 9.94. The fourth-order valence-corrected chi connectivity index (χ4v) is 3.44. The van der Waals surface area contributed by atoms with Crippen LogP contribution < -0.4 is 4.90 Å². The molecule has 1 atom stereocenters. The van der Waals surface area contributed by atoms with Gasteiger partial charge in [-0.2, -0.15) is 0 Å². The molecule has 2 heterocycles. The molecule has 1 aliphatic rings. The molecule has 1 fully saturated rings. The molecule has 100 valence electrons. The van der Waals surface area contributed by atoms with Gasteiger partial charge in [-0.05, 0) is 32.1 Å². The second-order valence-electron chi connectivity index (χ2n) is 4.91. The van der Waals surface area contributed by atoms with Crippen LogP contribution in [0.1, 0.15) is 48.0 Å². The summed E-state index contributed by atoms with van der Waals surface area (Å²) >= 11 is 1.31. The third-order valence-electron chi connectivity index (χ3n) is 3.68. The van der Waals surface area contributed by atoms with Crippen molar-refractivity contribution in [1.82, 2.24) is 4.98 Å². The van der Waals surface area contributed by atoms with Crippen molar-refractivity contribution < 1.29 is 9.90 Å². The van der Waals surface area contributed by atoms with E-state index in [4.69, 9.17) is 5.11 Å². The standard InChI is InChI=1S/C13H20N2O2S/c1-3-10-5-4-7-15(8-6-10)13-14-9(2)11(18-13)12(16)17/h10H,3-8H2,1-2H3,(H,16,17). The number of rotatable bonds is 3. The molecule has 0 aliphatic carbocycles. The van der Waals surface area contributed by atoms with Crippen LogP contribution in [0.5, 0.6) is 0 Å². The molecule has 1 aliphatic heterocycles. The van der Waals surface area contributed by atoms with Crippen molar-refractivity contribution >= 4 is 22.4 Å². The number of aryl methyl sites for hydroxylation is 1. The van der Waals surface area contributed by atoms with E-state index in [0.29, 0.717) is 10.6 Å². The zero-order chi connectivity index (χ0) is 13.1. The van der Waals surface area contributed by atoms with E-state index >= 15 is 0 Å². The predicted octanol–water partition coefficient (Wildman–Crippen LogP) is 3.17. The molecule has 0 radical (unpaired) electrons. The van der Waals surface area contributed by atoms with Crippen molar-refractivity contribution in [2.24, 2.45) is 5.92 Å². The Bertz CT molecular complexity index is 431. The first-order valence-electron chi connectivity index (χ1n) is 6.57. The largest absolute Gasteiger partial charge is 0.477 e. The van der Waals surface area contributed by atoms with Crippen LogP contribution in [0.15, 0.2) is 0 Å². The van der Waals surface area contributed by atoms with Crippen molar-refractivity contribution in [3.63, 3.8) is 0 Å². The number of aromatic carboxylic acids is 1. The average molecular weight is 268 g/mol. The SMILES string of the molecule is CCC1CCCN(c2nc(C)c(C(=O)O)s2)CC1. The summed E-state index contributed by atoms with van der Waals surface area (Å²) in [6.07, 6.45) is 4.89. The van der Waals surface area contributed by atoms with E-state index in [1.165, 1.54) is 37.0 Å². The lowest BCUT2D eigenvalue weighted by Gasteiger charge is -2.19. The normalized spacial score (nSPS) is 20.8. The third kappa shape index (κ3) is 2.83. The number of carboxylic acids is 1. The van der Waals surface area contributed by atoms with Crippen LogP contribution in [0.2, 0.25) is 0 Å². The zero-order valence-electron chi connectivity index (χ0n) is 11.0. The maximum Gasteiger partial charge on any atom is 0.347 e. The molecule has 1 aromatic heterocycles. The van der Waals surface area contributed by atoms with E-state index in [1.54, 1.807) is 6.92 Å². The lowest BCUT2D eigenvalue weighted by molar-refractivity contribution is 0.0701. The second-order valence-corrected chi connectivity index (χ2v) is 5.89. The number of aromatic nitrogens is 1. The highest BCUT2D eigenvalue weighted by Crippen LogP contribution is 2.29. The van der Waals surface area contributed by atoms with Crippen molar-refractivity contribution in [1.29, 1.82) is 0 Å². The monoisotopic (exact) mass is 268 g/mol. The number of carbonyl (C=O) groups is 1. The Morgan fingerprint density at radius 2 is 2.28 bits per heavy atom. The van der Waals surface area contributed by atoms with Gasteiger partial charge in [-0.1, -0.05) is 24.7 Å². The molecule has 0 bridgehead atoms. The molecule has 4 nitrogen and oxygen atoms in total. The van der Waals surface area contributed by atoms with Gasteiger partial charge in [-0.15, -0.1) is 0 Å². The minimum absolute atomic E-state index is 0.376. The van der Waals surface area contributed by atoms with Crippen LogP contribution >= 0.6 is 11.3 Å². The van der Waals surface area contributed by atoms with Gasteiger partial charge >= 0.3 is 5.97 Å². The maximum absolute atomic E-state index is 11.0. The van der Waals surface area contributed by atoms with Gasteiger partial charge in [0.25, 0.3) is 0 Å². The highest BCUT2D eigenvalue weighted by molar-refractivity contribution is 7.17.